The van der Waals surface area contributed by atoms with Crippen molar-refractivity contribution in [2.24, 2.45) is 0 Å². The molecule has 0 aromatic carbocycles. The Hall–Kier alpha value is -0.230. The van der Waals surface area contributed by atoms with Crippen molar-refractivity contribution in [2.75, 3.05) is 0 Å². The molecule has 2 nitrogen and oxygen atoms in total. The van der Waals surface area contributed by atoms with Crippen molar-refractivity contribution in [1.82, 2.24) is 0 Å². The molecule has 0 aliphatic heterocycles. The topological polar surface area (TPSA) is 44.1 Å². The Labute approximate surface area is 47.4 Å². The van der Waals surface area contributed by atoms with Crippen molar-refractivity contribution in [1.29, 1.82) is 5.41 Å². The lowest BCUT2D eigenvalue weighted by Crippen LogP contribution is -2.17. The minimum Gasteiger partial charge on any atom is -0.324 e. The second-order valence-corrected chi connectivity index (χ2v) is 1.51. The van der Waals surface area contributed by atoms with E-state index in [2.05, 4.69) is 0 Å². The van der Waals surface area contributed by atoms with Crippen molar-refractivity contribution < 1.29 is 17.7 Å². The maximum atomic E-state index is 11.0. The lowest BCUT2D eigenvalue weighted by atomic mass is 10.7. The number of hydrogen-bond donors (Lipinski definition) is 2. The van der Waals surface area contributed by atoms with Crippen LogP contribution in [0.2, 0.25) is 0 Å². The van der Waals surface area contributed by atoms with Crippen LogP contribution >= 0.6 is 12.0 Å². The molecule has 0 spiro atoms. The minimum absolute atomic E-state index is 0.610. The molecule has 0 radical (unpaired) electrons. The largest absolute Gasteiger partial charge is 0.441 e. The average Bonchev–Trinajstić information content (AvgIpc) is 1.62. The van der Waals surface area contributed by atoms with Gasteiger partial charge >= 0.3 is 6.18 Å². The fourth-order valence-corrected chi connectivity index (χ4v) is 0.155. The Morgan fingerprint density at radius 3 is 1.88 bits per heavy atom. The number of hydrogen-bond acceptors (Lipinski definition) is 3. The van der Waals surface area contributed by atoms with Crippen LogP contribution in [-0.2, 0) is 0 Å². The molecule has 8 heavy (non-hydrogen) atoms. The third-order valence-corrected chi connectivity index (χ3v) is 0.763. The van der Waals surface area contributed by atoms with E-state index < -0.39 is 23.3 Å². The summed E-state index contributed by atoms with van der Waals surface area (Å²) in [6, 6.07) is 0. The van der Waals surface area contributed by atoms with E-state index in [1.807, 2.05) is 0 Å². The van der Waals surface area contributed by atoms with Gasteiger partial charge in [0.1, 0.15) is 0 Å². The van der Waals surface area contributed by atoms with E-state index in [1.165, 1.54) is 0 Å². The molecule has 0 amide bonds. The third-order valence-electron chi connectivity index (χ3n) is 0.349. The first kappa shape index (κ1) is 7.77. The van der Waals surface area contributed by atoms with Gasteiger partial charge in [-0.1, -0.05) is 0 Å². The summed E-state index contributed by atoms with van der Waals surface area (Å²) < 4.78 is 40.8. The van der Waals surface area contributed by atoms with Crippen LogP contribution in [0.25, 0.3) is 0 Å². The standard InChI is InChI=1S/C2H2F3NOS/c3-2(4,5)1(6)8-7/h6-7H. The van der Waals surface area contributed by atoms with Crippen molar-refractivity contribution in [3.8, 4) is 0 Å². The molecule has 0 aliphatic rings. The Morgan fingerprint density at radius 2 is 1.88 bits per heavy atom. The summed E-state index contributed by atoms with van der Waals surface area (Å²) in [7, 11) is 0. The van der Waals surface area contributed by atoms with Crippen molar-refractivity contribution in [2.45, 2.75) is 6.18 Å². The van der Waals surface area contributed by atoms with Crippen LogP contribution in [0, 0.1) is 5.41 Å². The molecule has 0 atom stereocenters. The van der Waals surface area contributed by atoms with Crippen LogP contribution in [0.5, 0.6) is 0 Å². The van der Waals surface area contributed by atoms with Crippen molar-refractivity contribution in [3.63, 3.8) is 0 Å². The van der Waals surface area contributed by atoms with Crippen LogP contribution in [0.4, 0.5) is 13.2 Å². The monoisotopic (exact) mass is 145 g/mol. The fourth-order valence-electron chi connectivity index (χ4n) is 0.0518. The highest BCUT2D eigenvalue weighted by molar-refractivity contribution is 8.09. The summed E-state index contributed by atoms with van der Waals surface area (Å²) in [6.07, 6.45) is -4.70. The molecular weight excluding hydrogens is 143 g/mol. The summed E-state index contributed by atoms with van der Waals surface area (Å²) in [4.78, 5) is 0. The number of alkyl halides is 3. The highest BCUT2D eigenvalue weighted by Gasteiger charge is 2.34. The Kier molecular flexibility index (Phi) is 2.29. The maximum Gasteiger partial charge on any atom is 0.441 e. The molecule has 2 N–H and O–H groups in total. The van der Waals surface area contributed by atoms with Gasteiger partial charge in [-0.15, -0.1) is 0 Å². The Bertz CT molecular complexity index is 99.9. The van der Waals surface area contributed by atoms with E-state index in [1.54, 1.807) is 0 Å². The average molecular weight is 145 g/mol. The normalized spacial score (nSPS) is 11.5. The molecule has 0 saturated heterocycles. The molecule has 0 aliphatic carbocycles. The summed E-state index contributed by atoms with van der Waals surface area (Å²) >= 11 is -0.610. The summed E-state index contributed by atoms with van der Waals surface area (Å²) in [5.74, 6) is 0. The predicted molar refractivity (Wildman–Crippen MR) is 24.0 cm³/mol. The van der Waals surface area contributed by atoms with Gasteiger partial charge in [-0.2, -0.15) is 13.2 Å². The third kappa shape index (κ3) is 2.17. The highest BCUT2D eigenvalue weighted by Crippen LogP contribution is 2.21. The predicted octanol–water partition coefficient (Wildman–Crippen LogP) is 1.73. The molecule has 48 valence electrons. The van der Waals surface area contributed by atoms with Gasteiger partial charge in [0.2, 0.25) is 0 Å². The first-order chi connectivity index (χ1) is 3.48. The van der Waals surface area contributed by atoms with E-state index in [-0.39, 0.29) is 0 Å². The van der Waals surface area contributed by atoms with Gasteiger partial charge in [-0.3, -0.25) is 5.41 Å². The van der Waals surface area contributed by atoms with E-state index in [9.17, 15) is 13.2 Å². The van der Waals surface area contributed by atoms with E-state index in [0.29, 0.717) is 0 Å². The lowest BCUT2D eigenvalue weighted by Gasteiger charge is -2.00. The van der Waals surface area contributed by atoms with Crippen LogP contribution < -0.4 is 0 Å². The van der Waals surface area contributed by atoms with Crippen LogP contribution in [0.1, 0.15) is 0 Å². The molecule has 0 aromatic heterocycles. The van der Waals surface area contributed by atoms with Gasteiger partial charge in [0.25, 0.3) is 0 Å². The van der Waals surface area contributed by atoms with Gasteiger partial charge in [0.05, 0.1) is 0 Å². The second kappa shape index (κ2) is 2.36. The van der Waals surface area contributed by atoms with Gasteiger partial charge in [0.15, 0.2) is 5.04 Å². The first-order valence-electron chi connectivity index (χ1n) is 1.45. The molecule has 0 unspecified atom stereocenters. The number of rotatable bonds is 0. The quantitative estimate of drug-likeness (QED) is 0.309. The lowest BCUT2D eigenvalue weighted by molar-refractivity contribution is -0.0563. The van der Waals surface area contributed by atoms with Crippen molar-refractivity contribution in [3.05, 3.63) is 0 Å². The summed E-state index contributed by atoms with van der Waals surface area (Å²) in [5, 5.41) is 4.28. The Morgan fingerprint density at radius 1 is 1.50 bits per heavy atom. The minimum atomic E-state index is -4.70. The van der Waals surface area contributed by atoms with Gasteiger partial charge in [0, 0.05) is 12.0 Å². The molecule has 0 rings (SSSR count). The summed E-state index contributed by atoms with van der Waals surface area (Å²) in [6.45, 7) is 0. The molecule has 0 bridgehead atoms. The first-order valence-corrected chi connectivity index (χ1v) is 2.23. The van der Waals surface area contributed by atoms with Crippen molar-refractivity contribution >= 4 is 17.1 Å². The fraction of sp³-hybridized carbons (Fsp3) is 0.500. The molecule has 0 fully saturated rings. The van der Waals surface area contributed by atoms with Crippen LogP contribution in [0.3, 0.4) is 0 Å². The number of nitrogens with one attached hydrogen (secondary N) is 1. The van der Waals surface area contributed by atoms with Gasteiger partial charge in [-0.05, 0) is 0 Å². The summed E-state index contributed by atoms with van der Waals surface area (Å²) in [5.41, 5.74) is 0. The van der Waals surface area contributed by atoms with E-state index in [0.717, 1.165) is 0 Å². The zero-order valence-electron chi connectivity index (χ0n) is 3.49. The highest BCUT2D eigenvalue weighted by atomic mass is 32.2. The molecule has 6 heteroatoms. The number of halogens is 3. The van der Waals surface area contributed by atoms with E-state index >= 15 is 0 Å². The van der Waals surface area contributed by atoms with Gasteiger partial charge < -0.3 is 4.55 Å². The SMILES string of the molecule is N=C(SO)C(F)(F)F. The molecule has 0 saturated carbocycles. The Balaban J connectivity index is 3.82. The maximum absolute atomic E-state index is 11.0. The zero-order valence-corrected chi connectivity index (χ0v) is 4.31. The molecule has 0 heterocycles. The smallest absolute Gasteiger partial charge is 0.324 e. The molecular formula is C2H2F3NOS. The zero-order chi connectivity index (χ0) is 6.78. The van der Waals surface area contributed by atoms with E-state index in [4.69, 9.17) is 9.96 Å². The molecule has 0 aromatic rings. The second-order valence-electron chi connectivity index (χ2n) is 0.918. The van der Waals surface area contributed by atoms with Gasteiger partial charge in [-0.25, -0.2) is 0 Å². The van der Waals surface area contributed by atoms with Crippen LogP contribution in [0.15, 0.2) is 0 Å². The van der Waals surface area contributed by atoms with Crippen LogP contribution in [-0.4, -0.2) is 15.8 Å².